The second-order valence-electron chi connectivity index (χ2n) is 11.5. The number of hydrogen-bond acceptors (Lipinski definition) is 6. The number of carbonyl (C=O) groups excluding carboxylic acids is 4. The van der Waals surface area contributed by atoms with Crippen LogP contribution in [0.1, 0.15) is 38.3 Å². The van der Waals surface area contributed by atoms with Crippen molar-refractivity contribution in [3.05, 3.63) is 65.5 Å². The first-order valence-corrected chi connectivity index (χ1v) is 13.1. The summed E-state index contributed by atoms with van der Waals surface area (Å²) < 4.78 is 52.8. The molecule has 2 aliphatic heterocycles. The molecule has 9 nitrogen and oxygen atoms in total. The van der Waals surface area contributed by atoms with Crippen LogP contribution >= 0.6 is 0 Å². The van der Waals surface area contributed by atoms with Gasteiger partial charge in [-0.3, -0.25) is 19.2 Å². The Morgan fingerprint density at radius 2 is 1.74 bits per heavy atom. The van der Waals surface area contributed by atoms with E-state index in [1.165, 1.54) is 32.9 Å². The van der Waals surface area contributed by atoms with Crippen molar-refractivity contribution < 1.29 is 36.7 Å². The number of halogens is 4. The van der Waals surface area contributed by atoms with Gasteiger partial charge in [-0.2, -0.15) is 18.4 Å². The first kappa shape index (κ1) is 30.6. The van der Waals surface area contributed by atoms with Crippen LogP contribution in [-0.2, 0) is 31.0 Å². The lowest BCUT2D eigenvalue weighted by atomic mass is 9.79. The van der Waals surface area contributed by atoms with Gasteiger partial charge in [0.1, 0.15) is 17.9 Å². The fraction of sp³-hybridized carbons (Fsp3) is 0.414. The average molecular weight is 588 g/mol. The van der Waals surface area contributed by atoms with Crippen LogP contribution in [0.3, 0.4) is 0 Å². The number of para-hydroxylation sites is 1. The molecule has 3 N–H and O–H groups in total. The van der Waals surface area contributed by atoms with Crippen LogP contribution in [0.2, 0.25) is 0 Å². The van der Waals surface area contributed by atoms with Crippen LogP contribution in [0.15, 0.2) is 48.5 Å². The summed E-state index contributed by atoms with van der Waals surface area (Å²) in [4.78, 5) is 54.2. The Hall–Kier alpha value is -4.31. The molecule has 4 atom stereocenters. The SMILES string of the molecule is CC(C)(C)C(NC(=O)C(F)(F)F)C(=O)NC(Cc1ccc(F)cc1)C(=O)N1C(=O)[C@@]2(CN[C@H](C#N)C2)c2ccccc21. The highest BCUT2D eigenvalue weighted by atomic mass is 19.4. The first-order valence-electron chi connectivity index (χ1n) is 13.1. The van der Waals surface area contributed by atoms with E-state index in [1.54, 1.807) is 29.6 Å². The minimum Gasteiger partial charge on any atom is -0.342 e. The van der Waals surface area contributed by atoms with Crippen molar-refractivity contribution in [2.45, 2.75) is 63.3 Å². The highest BCUT2D eigenvalue weighted by Crippen LogP contribution is 2.46. The topological polar surface area (TPSA) is 131 Å². The van der Waals surface area contributed by atoms with E-state index in [0.29, 0.717) is 11.1 Å². The van der Waals surface area contributed by atoms with Gasteiger partial charge < -0.3 is 16.0 Å². The summed E-state index contributed by atoms with van der Waals surface area (Å²) in [5, 5.41) is 16.6. The fourth-order valence-corrected chi connectivity index (χ4v) is 5.34. The number of fused-ring (bicyclic) bond motifs is 2. The van der Waals surface area contributed by atoms with Crippen molar-refractivity contribution in [3.63, 3.8) is 0 Å². The Balaban J connectivity index is 1.71. The summed E-state index contributed by atoms with van der Waals surface area (Å²) in [6.07, 6.45) is -5.40. The number of amides is 4. The number of benzene rings is 2. The number of nitriles is 1. The third-order valence-corrected chi connectivity index (χ3v) is 7.48. The molecule has 0 aliphatic carbocycles. The molecule has 2 unspecified atom stereocenters. The van der Waals surface area contributed by atoms with E-state index in [0.717, 1.165) is 17.0 Å². The first-order chi connectivity index (χ1) is 19.6. The van der Waals surface area contributed by atoms with E-state index < -0.39 is 64.6 Å². The van der Waals surface area contributed by atoms with Crippen LogP contribution in [0.25, 0.3) is 0 Å². The van der Waals surface area contributed by atoms with Crippen molar-refractivity contribution in [1.29, 1.82) is 5.26 Å². The highest BCUT2D eigenvalue weighted by molar-refractivity contribution is 6.24. The van der Waals surface area contributed by atoms with Crippen molar-refractivity contribution in [2.24, 2.45) is 5.41 Å². The minimum absolute atomic E-state index is 0.0927. The van der Waals surface area contributed by atoms with Gasteiger partial charge >= 0.3 is 12.1 Å². The van der Waals surface area contributed by atoms with E-state index in [2.05, 4.69) is 16.7 Å². The number of nitrogens with one attached hydrogen (secondary N) is 3. The third-order valence-electron chi connectivity index (χ3n) is 7.48. The van der Waals surface area contributed by atoms with E-state index >= 15 is 0 Å². The molecule has 0 bridgehead atoms. The molecule has 2 heterocycles. The molecular formula is C29H29F4N5O4. The van der Waals surface area contributed by atoms with Gasteiger partial charge in [0, 0.05) is 13.0 Å². The Morgan fingerprint density at radius 1 is 1.10 bits per heavy atom. The molecule has 0 saturated carbocycles. The number of hydrogen-bond donors (Lipinski definition) is 3. The predicted octanol–water partition coefficient (Wildman–Crippen LogP) is 2.64. The molecule has 0 radical (unpaired) electrons. The molecular weight excluding hydrogens is 558 g/mol. The minimum atomic E-state index is -5.26. The molecule has 4 amide bonds. The second-order valence-corrected chi connectivity index (χ2v) is 11.5. The van der Waals surface area contributed by atoms with Gasteiger partial charge in [-0.15, -0.1) is 0 Å². The molecule has 1 saturated heterocycles. The maximum atomic E-state index is 14.1. The van der Waals surface area contributed by atoms with Crippen LogP contribution in [0, 0.1) is 22.6 Å². The summed E-state index contributed by atoms with van der Waals surface area (Å²) in [5.74, 6) is -5.46. The number of alkyl halides is 3. The van der Waals surface area contributed by atoms with E-state index in [1.807, 2.05) is 0 Å². The Kier molecular flexibility index (Phi) is 8.15. The highest BCUT2D eigenvalue weighted by Gasteiger charge is 2.57. The van der Waals surface area contributed by atoms with Gasteiger partial charge in [0.2, 0.25) is 11.8 Å². The normalized spacial score (nSPS) is 21.4. The largest absolute Gasteiger partial charge is 0.471 e. The molecule has 42 heavy (non-hydrogen) atoms. The van der Waals surface area contributed by atoms with Crippen molar-refractivity contribution in [2.75, 3.05) is 11.4 Å². The number of rotatable bonds is 6. The van der Waals surface area contributed by atoms with Crippen LogP contribution in [-0.4, -0.2) is 54.5 Å². The average Bonchev–Trinajstić information content (AvgIpc) is 3.46. The van der Waals surface area contributed by atoms with Gasteiger partial charge in [0.15, 0.2) is 0 Å². The smallest absolute Gasteiger partial charge is 0.342 e. The van der Waals surface area contributed by atoms with Gasteiger partial charge in [0.05, 0.1) is 23.2 Å². The van der Waals surface area contributed by atoms with Crippen LogP contribution in [0.5, 0.6) is 0 Å². The zero-order valence-electron chi connectivity index (χ0n) is 23.0. The van der Waals surface area contributed by atoms with Crippen LogP contribution < -0.4 is 20.9 Å². The summed E-state index contributed by atoms with van der Waals surface area (Å²) in [7, 11) is 0. The molecule has 0 aromatic heterocycles. The molecule has 2 aromatic carbocycles. The monoisotopic (exact) mass is 587 g/mol. The summed E-state index contributed by atoms with van der Waals surface area (Å²) >= 11 is 0. The maximum absolute atomic E-state index is 14.1. The maximum Gasteiger partial charge on any atom is 0.471 e. The predicted molar refractivity (Wildman–Crippen MR) is 142 cm³/mol. The Labute approximate surface area is 239 Å². The van der Waals surface area contributed by atoms with Crippen molar-refractivity contribution in [3.8, 4) is 6.07 Å². The third kappa shape index (κ3) is 5.85. The molecule has 13 heteroatoms. The van der Waals surface area contributed by atoms with E-state index in [9.17, 15) is 42.0 Å². The molecule has 2 aliphatic rings. The van der Waals surface area contributed by atoms with Crippen molar-refractivity contribution in [1.82, 2.24) is 16.0 Å². The van der Waals surface area contributed by atoms with E-state index in [4.69, 9.17) is 0 Å². The molecule has 222 valence electrons. The molecule has 2 aromatic rings. The zero-order valence-corrected chi connectivity index (χ0v) is 23.0. The lowest BCUT2D eigenvalue weighted by molar-refractivity contribution is -0.175. The van der Waals surface area contributed by atoms with E-state index in [-0.39, 0.29) is 25.1 Å². The number of imide groups is 1. The molecule has 4 rings (SSSR count). The summed E-state index contributed by atoms with van der Waals surface area (Å²) in [6.45, 7) is 4.41. The lowest BCUT2D eigenvalue weighted by Crippen LogP contribution is -2.60. The lowest BCUT2D eigenvalue weighted by Gasteiger charge is -2.33. The standard InChI is InChI=1S/C29H29F4N5O4/c1-27(2,3)22(37-25(41)29(31,32)33)23(39)36-20(12-16-8-10-17(30)11-9-16)24(40)38-21-7-5-4-6-19(21)28(26(38)42)13-18(14-34)35-15-28/h4-11,18,20,22,35H,12-13,15H2,1-3H3,(H,36,39)(H,37,41)/t18-,20?,22?,28-/m0/s1. The van der Waals surface area contributed by atoms with Crippen LogP contribution in [0.4, 0.5) is 23.2 Å². The second kappa shape index (κ2) is 11.2. The van der Waals surface area contributed by atoms with Crippen molar-refractivity contribution >= 4 is 29.3 Å². The number of anilines is 1. The number of carbonyl (C=O) groups is 4. The molecule has 1 spiro atoms. The Bertz CT molecular complexity index is 1450. The number of nitrogens with zero attached hydrogens (tertiary/aromatic N) is 2. The fourth-order valence-electron chi connectivity index (χ4n) is 5.34. The summed E-state index contributed by atoms with van der Waals surface area (Å²) in [6, 6.07) is 9.78. The van der Waals surface area contributed by atoms with Gasteiger partial charge in [-0.25, -0.2) is 9.29 Å². The van der Waals surface area contributed by atoms with Gasteiger partial charge in [-0.05, 0) is 41.2 Å². The Morgan fingerprint density at radius 3 is 2.31 bits per heavy atom. The zero-order chi connectivity index (χ0) is 31.0. The quantitative estimate of drug-likeness (QED) is 0.446. The van der Waals surface area contributed by atoms with Gasteiger partial charge in [0.25, 0.3) is 5.91 Å². The summed E-state index contributed by atoms with van der Waals surface area (Å²) in [5.41, 5.74) is -1.26. The van der Waals surface area contributed by atoms with Gasteiger partial charge in [-0.1, -0.05) is 51.1 Å². The molecule has 1 fully saturated rings.